The predicted molar refractivity (Wildman–Crippen MR) is 127 cm³/mol. The average Bonchev–Trinajstić information content (AvgIpc) is 2.82. The standard InChI is InChI=1S/C19H14O.C9H18O2/c20-19(17-9-5-2-6-10-17)18-13-11-16(12-14-18)15-7-3-1-4-8-15;1-3-5-6-8(4-2)7-9(10)11/h1-14H;8H,3-7H2,1-2H3,(H,10,11). The Morgan fingerprint density at radius 3 is 1.77 bits per heavy atom. The van der Waals surface area contributed by atoms with Crippen LogP contribution in [0.1, 0.15) is 61.9 Å². The summed E-state index contributed by atoms with van der Waals surface area (Å²) in [5.74, 6) is -0.203. The fourth-order valence-electron chi connectivity index (χ4n) is 3.39. The van der Waals surface area contributed by atoms with Crippen LogP contribution in [0.4, 0.5) is 0 Å². The van der Waals surface area contributed by atoms with Crippen LogP contribution in [0.25, 0.3) is 11.1 Å². The molecule has 0 saturated carbocycles. The zero-order valence-corrected chi connectivity index (χ0v) is 18.5. The van der Waals surface area contributed by atoms with Crippen LogP contribution in [-0.4, -0.2) is 16.9 Å². The molecule has 0 aliphatic heterocycles. The second-order valence-electron chi connectivity index (χ2n) is 7.65. The van der Waals surface area contributed by atoms with Crippen molar-refractivity contribution in [1.29, 1.82) is 0 Å². The van der Waals surface area contributed by atoms with Gasteiger partial charge in [0.1, 0.15) is 0 Å². The summed E-state index contributed by atoms with van der Waals surface area (Å²) in [7, 11) is 0. The van der Waals surface area contributed by atoms with Crippen molar-refractivity contribution in [2.45, 2.75) is 46.0 Å². The van der Waals surface area contributed by atoms with Gasteiger partial charge in [-0.2, -0.15) is 0 Å². The van der Waals surface area contributed by atoms with Gasteiger partial charge < -0.3 is 5.11 Å². The molecule has 3 aromatic rings. The highest BCUT2D eigenvalue weighted by atomic mass is 16.4. The predicted octanol–water partition coefficient (Wildman–Crippen LogP) is 7.26. The molecule has 1 atom stereocenters. The Kier molecular flexibility index (Phi) is 10.2. The molecule has 1 unspecified atom stereocenters. The van der Waals surface area contributed by atoms with Crippen molar-refractivity contribution < 1.29 is 14.7 Å². The molecule has 31 heavy (non-hydrogen) atoms. The lowest BCUT2D eigenvalue weighted by atomic mass is 9.96. The highest BCUT2D eigenvalue weighted by Crippen LogP contribution is 2.20. The Morgan fingerprint density at radius 1 is 0.742 bits per heavy atom. The van der Waals surface area contributed by atoms with E-state index in [9.17, 15) is 9.59 Å². The molecule has 0 aliphatic carbocycles. The maximum Gasteiger partial charge on any atom is 0.303 e. The van der Waals surface area contributed by atoms with Gasteiger partial charge in [-0.25, -0.2) is 0 Å². The van der Waals surface area contributed by atoms with Crippen LogP contribution in [0.5, 0.6) is 0 Å². The van der Waals surface area contributed by atoms with Crippen LogP contribution < -0.4 is 0 Å². The molecule has 0 spiro atoms. The normalized spacial score (nSPS) is 11.2. The Hall–Kier alpha value is -3.20. The van der Waals surface area contributed by atoms with Gasteiger partial charge in [0.25, 0.3) is 0 Å². The van der Waals surface area contributed by atoms with Gasteiger partial charge in [0.15, 0.2) is 5.78 Å². The monoisotopic (exact) mass is 416 g/mol. The van der Waals surface area contributed by atoms with Crippen molar-refractivity contribution >= 4 is 11.8 Å². The lowest BCUT2D eigenvalue weighted by molar-refractivity contribution is -0.138. The Labute approximate surface area is 185 Å². The molecule has 3 rings (SSSR count). The lowest BCUT2D eigenvalue weighted by Gasteiger charge is -2.10. The first-order valence-electron chi connectivity index (χ1n) is 11.0. The summed E-state index contributed by atoms with van der Waals surface area (Å²) < 4.78 is 0. The molecule has 0 amide bonds. The molecule has 162 valence electrons. The van der Waals surface area contributed by atoms with E-state index in [1.54, 1.807) is 0 Å². The van der Waals surface area contributed by atoms with Gasteiger partial charge >= 0.3 is 5.97 Å². The number of benzene rings is 3. The molecule has 0 bridgehead atoms. The topological polar surface area (TPSA) is 54.4 Å². The fraction of sp³-hybridized carbons (Fsp3) is 0.286. The number of hydrogen-bond acceptors (Lipinski definition) is 2. The van der Waals surface area contributed by atoms with E-state index in [0.717, 1.165) is 47.9 Å². The molecular formula is C28H32O3. The van der Waals surface area contributed by atoms with E-state index in [2.05, 4.69) is 26.0 Å². The van der Waals surface area contributed by atoms with Crippen molar-refractivity contribution in [3.8, 4) is 11.1 Å². The Balaban J connectivity index is 0.000000267. The molecule has 1 N–H and O–H groups in total. The van der Waals surface area contributed by atoms with E-state index < -0.39 is 5.97 Å². The number of rotatable bonds is 9. The summed E-state index contributed by atoms with van der Waals surface area (Å²) >= 11 is 0. The van der Waals surface area contributed by atoms with Crippen molar-refractivity contribution in [3.05, 3.63) is 96.1 Å². The van der Waals surface area contributed by atoms with E-state index in [4.69, 9.17) is 5.11 Å². The summed E-state index contributed by atoms with van der Waals surface area (Å²) in [4.78, 5) is 22.6. The molecule has 0 aliphatic rings. The molecule has 0 radical (unpaired) electrons. The molecule has 3 aromatic carbocycles. The van der Waals surface area contributed by atoms with Crippen LogP contribution >= 0.6 is 0 Å². The van der Waals surface area contributed by atoms with Crippen molar-refractivity contribution in [3.63, 3.8) is 0 Å². The third-order valence-corrected chi connectivity index (χ3v) is 5.30. The van der Waals surface area contributed by atoms with Gasteiger partial charge in [0, 0.05) is 17.5 Å². The van der Waals surface area contributed by atoms with Gasteiger partial charge in [0.05, 0.1) is 0 Å². The molecule has 0 fully saturated rings. The van der Waals surface area contributed by atoms with E-state index >= 15 is 0 Å². The fourth-order valence-corrected chi connectivity index (χ4v) is 3.39. The minimum absolute atomic E-state index is 0.0604. The maximum atomic E-state index is 12.3. The van der Waals surface area contributed by atoms with Crippen LogP contribution in [-0.2, 0) is 4.79 Å². The number of unbranched alkanes of at least 4 members (excludes halogenated alkanes) is 1. The van der Waals surface area contributed by atoms with E-state index in [-0.39, 0.29) is 5.78 Å². The van der Waals surface area contributed by atoms with Gasteiger partial charge in [-0.1, -0.05) is 118 Å². The number of carbonyl (C=O) groups is 2. The van der Waals surface area contributed by atoms with Crippen molar-refractivity contribution in [2.24, 2.45) is 5.92 Å². The van der Waals surface area contributed by atoms with Crippen molar-refractivity contribution in [1.82, 2.24) is 0 Å². The smallest absolute Gasteiger partial charge is 0.303 e. The average molecular weight is 417 g/mol. The third-order valence-electron chi connectivity index (χ3n) is 5.30. The van der Waals surface area contributed by atoms with E-state index in [0.29, 0.717) is 12.3 Å². The zero-order chi connectivity index (χ0) is 22.5. The minimum Gasteiger partial charge on any atom is -0.481 e. The molecule has 3 heteroatoms. The number of aliphatic carboxylic acids is 1. The second kappa shape index (κ2) is 13.2. The largest absolute Gasteiger partial charge is 0.481 e. The molecule has 0 aromatic heterocycles. The first kappa shape index (κ1) is 24.1. The number of carboxylic acid groups (broad SMARTS) is 1. The van der Waals surface area contributed by atoms with Crippen molar-refractivity contribution in [2.75, 3.05) is 0 Å². The van der Waals surface area contributed by atoms with Crippen LogP contribution in [0.2, 0.25) is 0 Å². The summed E-state index contributed by atoms with van der Waals surface area (Å²) in [5.41, 5.74) is 3.72. The Bertz CT molecular complexity index is 915. The summed E-state index contributed by atoms with van der Waals surface area (Å²) in [6.07, 6.45) is 4.73. The van der Waals surface area contributed by atoms with Gasteiger partial charge in [0.2, 0.25) is 0 Å². The molecule has 0 saturated heterocycles. The highest BCUT2D eigenvalue weighted by Gasteiger charge is 2.10. The van der Waals surface area contributed by atoms with Gasteiger partial charge in [-0.15, -0.1) is 0 Å². The third kappa shape index (κ3) is 8.21. The van der Waals surface area contributed by atoms with Crippen LogP contribution in [0, 0.1) is 5.92 Å². The van der Waals surface area contributed by atoms with Gasteiger partial charge in [-0.3, -0.25) is 9.59 Å². The van der Waals surface area contributed by atoms with Crippen LogP contribution in [0.3, 0.4) is 0 Å². The maximum absolute atomic E-state index is 12.3. The summed E-state index contributed by atoms with van der Waals surface area (Å²) in [6.45, 7) is 4.19. The number of carbonyl (C=O) groups excluding carboxylic acids is 1. The van der Waals surface area contributed by atoms with Crippen LogP contribution in [0.15, 0.2) is 84.9 Å². The lowest BCUT2D eigenvalue weighted by Crippen LogP contribution is -2.06. The summed E-state index contributed by atoms with van der Waals surface area (Å²) in [6, 6.07) is 27.3. The summed E-state index contributed by atoms with van der Waals surface area (Å²) in [5, 5.41) is 8.51. The molecule has 0 heterocycles. The van der Waals surface area contributed by atoms with E-state index in [1.807, 2.05) is 72.8 Å². The zero-order valence-electron chi connectivity index (χ0n) is 18.5. The number of hydrogen-bond donors (Lipinski definition) is 1. The van der Waals surface area contributed by atoms with E-state index in [1.165, 1.54) is 0 Å². The van der Waals surface area contributed by atoms with Gasteiger partial charge in [-0.05, 0) is 23.5 Å². The minimum atomic E-state index is -0.659. The first-order valence-corrected chi connectivity index (χ1v) is 11.0. The molecule has 3 nitrogen and oxygen atoms in total. The molecular weight excluding hydrogens is 384 g/mol. The quantitative estimate of drug-likeness (QED) is 0.373. The highest BCUT2D eigenvalue weighted by molar-refractivity contribution is 6.09. The second-order valence-corrected chi connectivity index (χ2v) is 7.65. The first-order chi connectivity index (χ1) is 15.0. The number of ketones is 1. The SMILES string of the molecule is CCCCC(CC)CC(=O)O.O=C(c1ccccc1)c1ccc(-c2ccccc2)cc1. The Morgan fingerprint density at radius 2 is 1.26 bits per heavy atom. The number of carboxylic acids is 1.